The molecule has 1 fully saturated rings. The Kier molecular flexibility index (Phi) is 3.08. The first kappa shape index (κ1) is 9.99. The average molecular weight is 256 g/mol. The molecule has 0 N–H and O–H groups in total. The SMILES string of the molecule is Cc1cc(N2CCOCC2)ccc1Br. The monoisotopic (exact) mass is 255 g/mol. The average Bonchev–Trinajstić information content (AvgIpc) is 2.23. The number of nitrogens with zero attached hydrogens (tertiary/aromatic N) is 1. The number of aryl methyl sites for hydroxylation is 1. The summed E-state index contributed by atoms with van der Waals surface area (Å²) in [6.07, 6.45) is 0. The summed E-state index contributed by atoms with van der Waals surface area (Å²) in [5.74, 6) is 0. The van der Waals surface area contributed by atoms with Crippen molar-refractivity contribution in [2.75, 3.05) is 31.2 Å². The Morgan fingerprint density at radius 2 is 2.00 bits per heavy atom. The molecule has 0 aliphatic carbocycles. The molecule has 0 radical (unpaired) electrons. The molecule has 3 heteroatoms. The third kappa shape index (κ3) is 2.10. The molecule has 2 nitrogen and oxygen atoms in total. The van der Waals surface area contributed by atoms with Gasteiger partial charge in [-0.15, -0.1) is 0 Å². The van der Waals surface area contributed by atoms with Crippen LogP contribution in [0.25, 0.3) is 0 Å². The zero-order valence-corrected chi connectivity index (χ0v) is 9.88. The second-order valence-corrected chi connectivity index (χ2v) is 4.39. The Bertz CT molecular complexity index is 321. The molecule has 0 unspecified atom stereocenters. The van der Waals surface area contributed by atoms with Crippen LogP contribution in [-0.4, -0.2) is 26.3 Å². The second-order valence-electron chi connectivity index (χ2n) is 3.53. The predicted molar refractivity (Wildman–Crippen MR) is 61.9 cm³/mol. The van der Waals surface area contributed by atoms with E-state index < -0.39 is 0 Å². The van der Waals surface area contributed by atoms with Crippen molar-refractivity contribution >= 4 is 21.6 Å². The Balaban J connectivity index is 2.18. The summed E-state index contributed by atoms with van der Waals surface area (Å²) in [5, 5.41) is 0. The van der Waals surface area contributed by atoms with Gasteiger partial charge in [-0.25, -0.2) is 0 Å². The minimum atomic E-state index is 0.842. The largest absolute Gasteiger partial charge is 0.378 e. The summed E-state index contributed by atoms with van der Waals surface area (Å²) in [7, 11) is 0. The highest BCUT2D eigenvalue weighted by molar-refractivity contribution is 9.10. The molecule has 1 heterocycles. The van der Waals surface area contributed by atoms with Crippen LogP contribution in [0.5, 0.6) is 0 Å². The zero-order chi connectivity index (χ0) is 9.97. The number of benzene rings is 1. The second kappa shape index (κ2) is 4.32. The van der Waals surface area contributed by atoms with Crippen LogP contribution in [0, 0.1) is 6.92 Å². The molecular formula is C11H14BrNO. The molecule has 0 aromatic heterocycles. The van der Waals surface area contributed by atoms with Gasteiger partial charge in [-0.3, -0.25) is 0 Å². The third-order valence-corrected chi connectivity index (χ3v) is 3.41. The van der Waals surface area contributed by atoms with E-state index in [4.69, 9.17) is 4.74 Å². The molecule has 0 spiro atoms. The van der Waals surface area contributed by atoms with Gasteiger partial charge < -0.3 is 9.64 Å². The molecule has 76 valence electrons. The van der Waals surface area contributed by atoms with E-state index in [-0.39, 0.29) is 0 Å². The minimum Gasteiger partial charge on any atom is -0.378 e. The maximum absolute atomic E-state index is 5.32. The standard InChI is InChI=1S/C11H14BrNO/c1-9-8-10(2-3-11(9)12)13-4-6-14-7-5-13/h2-3,8H,4-7H2,1H3. The van der Waals surface area contributed by atoms with Crippen LogP contribution < -0.4 is 4.90 Å². The van der Waals surface area contributed by atoms with Gasteiger partial charge in [0.05, 0.1) is 13.2 Å². The summed E-state index contributed by atoms with van der Waals surface area (Å²) >= 11 is 3.51. The lowest BCUT2D eigenvalue weighted by Gasteiger charge is -2.29. The number of halogens is 1. The molecule has 1 aromatic carbocycles. The number of hydrogen-bond acceptors (Lipinski definition) is 2. The summed E-state index contributed by atoms with van der Waals surface area (Å²) in [4.78, 5) is 2.36. The van der Waals surface area contributed by atoms with Crippen LogP contribution in [-0.2, 0) is 4.74 Å². The number of ether oxygens (including phenoxy) is 1. The van der Waals surface area contributed by atoms with Gasteiger partial charge in [0, 0.05) is 23.2 Å². The Morgan fingerprint density at radius 1 is 1.29 bits per heavy atom. The van der Waals surface area contributed by atoms with E-state index >= 15 is 0 Å². The fourth-order valence-electron chi connectivity index (χ4n) is 1.65. The molecule has 1 aromatic rings. The van der Waals surface area contributed by atoms with Crippen molar-refractivity contribution in [1.82, 2.24) is 0 Å². The summed E-state index contributed by atoms with van der Waals surface area (Å²) in [5.41, 5.74) is 2.59. The van der Waals surface area contributed by atoms with E-state index in [0.717, 1.165) is 26.3 Å². The Labute approximate surface area is 93.0 Å². The van der Waals surface area contributed by atoms with Gasteiger partial charge in [-0.05, 0) is 30.7 Å². The van der Waals surface area contributed by atoms with Gasteiger partial charge in [0.25, 0.3) is 0 Å². The molecule has 0 saturated carbocycles. The Hall–Kier alpha value is -0.540. The van der Waals surface area contributed by atoms with Crippen LogP contribution in [0.3, 0.4) is 0 Å². The summed E-state index contributed by atoms with van der Waals surface area (Å²) in [6.45, 7) is 5.81. The molecule has 1 aliphatic heterocycles. The Morgan fingerprint density at radius 3 is 2.64 bits per heavy atom. The van der Waals surface area contributed by atoms with Gasteiger partial charge in [0.15, 0.2) is 0 Å². The van der Waals surface area contributed by atoms with Gasteiger partial charge >= 0.3 is 0 Å². The van der Waals surface area contributed by atoms with Crippen molar-refractivity contribution in [3.05, 3.63) is 28.2 Å². The zero-order valence-electron chi connectivity index (χ0n) is 8.29. The van der Waals surface area contributed by atoms with Crippen LogP contribution >= 0.6 is 15.9 Å². The highest BCUT2D eigenvalue weighted by Crippen LogP contribution is 2.23. The topological polar surface area (TPSA) is 12.5 Å². The lowest BCUT2D eigenvalue weighted by molar-refractivity contribution is 0.122. The van der Waals surface area contributed by atoms with Gasteiger partial charge in [0.2, 0.25) is 0 Å². The molecule has 1 saturated heterocycles. The van der Waals surface area contributed by atoms with E-state index in [1.54, 1.807) is 0 Å². The van der Waals surface area contributed by atoms with Crippen LogP contribution in [0.1, 0.15) is 5.56 Å². The fraction of sp³-hybridized carbons (Fsp3) is 0.455. The lowest BCUT2D eigenvalue weighted by Crippen LogP contribution is -2.36. The van der Waals surface area contributed by atoms with Crippen molar-refractivity contribution in [1.29, 1.82) is 0 Å². The van der Waals surface area contributed by atoms with Gasteiger partial charge in [-0.2, -0.15) is 0 Å². The third-order valence-electron chi connectivity index (χ3n) is 2.52. The van der Waals surface area contributed by atoms with Crippen molar-refractivity contribution in [3.8, 4) is 0 Å². The number of hydrogen-bond donors (Lipinski definition) is 0. The van der Waals surface area contributed by atoms with Crippen LogP contribution in [0.4, 0.5) is 5.69 Å². The van der Waals surface area contributed by atoms with Crippen molar-refractivity contribution < 1.29 is 4.74 Å². The first-order valence-electron chi connectivity index (χ1n) is 4.86. The summed E-state index contributed by atoms with van der Waals surface area (Å²) < 4.78 is 6.50. The molecular weight excluding hydrogens is 242 g/mol. The van der Waals surface area contributed by atoms with E-state index in [0.29, 0.717) is 0 Å². The molecule has 0 atom stereocenters. The first-order chi connectivity index (χ1) is 6.77. The predicted octanol–water partition coefficient (Wildman–Crippen LogP) is 2.59. The number of rotatable bonds is 1. The number of morpholine rings is 1. The van der Waals surface area contributed by atoms with Gasteiger partial charge in [0.1, 0.15) is 0 Å². The molecule has 0 amide bonds. The quantitative estimate of drug-likeness (QED) is 0.765. The van der Waals surface area contributed by atoms with Crippen molar-refractivity contribution in [3.63, 3.8) is 0 Å². The van der Waals surface area contributed by atoms with E-state index in [1.807, 2.05) is 0 Å². The smallest absolute Gasteiger partial charge is 0.0642 e. The lowest BCUT2D eigenvalue weighted by atomic mass is 10.2. The maximum atomic E-state index is 5.32. The highest BCUT2D eigenvalue weighted by Gasteiger charge is 2.11. The summed E-state index contributed by atoms with van der Waals surface area (Å²) in [6, 6.07) is 6.48. The first-order valence-corrected chi connectivity index (χ1v) is 5.65. The van der Waals surface area contributed by atoms with E-state index in [2.05, 4.69) is 46.0 Å². The minimum absolute atomic E-state index is 0.842. The highest BCUT2D eigenvalue weighted by atomic mass is 79.9. The van der Waals surface area contributed by atoms with Crippen molar-refractivity contribution in [2.45, 2.75) is 6.92 Å². The molecule has 2 rings (SSSR count). The normalized spacial score (nSPS) is 17.1. The molecule has 0 bridgehead atoms. The maximum Gasteiger partial charge on any atom is 0.0642 e. The van der Waals surface area contributed by atoms with Crippen LogP contribution in [0.15, 0.2) is 22.7 Å². The van der Waals surface area contributed by atoms with E-state index in [9.17, 15) is 0 Å². The van der Waals surface area contributed by atoms with Gasteiger partial charge in [-0.1, -0.05) is 15.9 Å². The number of anilines is 1. The molecule has 14 heavy (non-hydrogen) atoms. The van der Waals surface area contributed by atoms with Crippen molar-refractivity contribution in [2.24, 2.45) is 0 Å². The fourth-order valence-corrected chi connectivity index (χ4v) is 1.89. The van der Waals surface area contributed by atoms with Crippen LogP contribution in [0.2, 0.25) is 0 Å². The molecule has 1 aliphatic rings. The van der Waals surface area contributed by atoms with E-state index in [1.165, 1.54) is 15.7 Å².